The van der Waals surface area contributed by atoms with Gasteiger partial charge in [0.25, 0.3) is 0 Å². The van der Waals surface area contributed by atoms with E-state index >= 15 is 0 Å². The maximum Gasteiger partial charge on any atom is 0.191 e. The molecule has 0 radical (unpaired) electrons. The van der Waals surface area contributed by atoms with Crippen LogP contribution < -0.4 is 10.6 Å². The first-order valence-corrected chi connectivity index (χ1v) is 6.83. The third-order valence-electron chi connectivity index (χ3n) is 2.67. The molecule has 1 aromatic carbocycles. The molecule has 0 amide bonds. The van der Waals surface area contributed by atoms with Crippen molar-refractivity contribution in [3.8, 4) is 0 Å². The van der Waals surface area contributed by atoms with Gasteiger partial charge in [0.15, 0.2) is 5.96 Å². The predicted octanol–water partition coefficient (Wildman–Crippen LogP) is 2.57. The zero-order valence-corrected chi connectivity index (χ0v) is 15.4. The molecule has 0 atom stereocenters. The van der Waals surface area contributed by atoms with Crippen LogP contribution in [0.4, 0.5) is 0 Å². The Morgan fingerprint density at radius 2 is 1.85 bits per heavy atom. The fourth-order valence-corrected chi connectivity index (χ4v) is 1.74. The van der Waals surface area contributed by atoms with Crippen molar-refractivity contribution in [1.82, 2.24) is 15.5 Å². The molecule has 114 valence electrons. The van der Waals surface area contributed by atoms with Gasteiger partial charge in [-0.05, 0) is 44.8 Å². The second kappa shape index (κ2) is 11.2. The maximum atomic E-state index is 5.85. The van der Waals surface area contributed by atoms with Crippen LogP contribution in [0, 0.1) is 0 Å². The molecule has 0 spiro atoms. The molecule has 0 saturated carbocycles. The SMILES string of the molecule is CN=C(NCCCN(C)C)NCc1ccc(Cl)cc1.I. The summed E-state index contributed by atoms with van der Waals surface area (Å²) in [7, 11) is 5.93. The summed E-state index contributed by atoms with van der Waals surface area (Å²) in [6.45, 7) is 2.73. The summed E-state index contributed by atoms with van der Waals surface area (Å²) in [5.74, 6) is 0.828. The zero-order valence-electron chi connectivity index (χ0n) is 12.3. The highest BCUT2D eigenvalue weighted by molar-refractivity contribution is 14.0. The summed E-state index contributed by atoms with van der Waals surface area (Å²) in [5.41, 5.74) is 1.18. The van der Waals surface area contributed by atoms with Gasteiger partial charge in [-0.3, -0.25) is 4.99 Å². The molecule has 2 N–H and O–H groups in total. The summed E-state index contributed by atoms with van der Waals surface area (Å²) >= 11 is 5.85. The molecule has 1 rings (SSSR count). The van der Waals surface area contributed by atoms with Gasteiger partial charge in [-0.2, -0.15) is 0 Å². The molecule has 0 unspecified atom stereocenters. The minimum Gasteiger partial charge on any atom is -0.356 e. The van der Waals surface area contributed by atoms with Crippen molar-refractivity contribution >= 4 is 41.5 Å². The fraction of sp³-hybridized carbons (Fsp3) is 0.500. The van der Waals surface area contributed by atoms with Crippen molar-refractivity contribution in [3.63, 3.8) is 0 Å². The van der Waals surface area contributed by atoms with E-state index in [4.69, 9.17) is 11.6 Å². The summed E-state index contributed by atoms with van der Waals surface area (Å²) in [5, 5.41) is 7.33. The highest BCUT2D eigenvalue weighted by Crippen LogP contribution is 2.08. The van der Waals surface area contributed by atoms with Crippen molar-refractivity contribution in [1.29, 1.82) is 0 Å². The summed E-state index contributed by atoms with van der Waals surface area (Å²) in [6, 6.07) is 7.81. The van der Waals surface area contributed by atoms with E-state index in [2.05, 4.69) is 34.6 Å². The monoisotopic (exact) mass is 410 g/mol. The van der Waals surface area contributed by atoms with Crippen molar-refractivity contribution in [2.45, 2.75) is 13.0 Å². The number of hydrogen-bond acceptors (Lipinski definition) is 2. The number of aliphatic imine (C=N–C) groups is 1. The number of nitrogens with zero attached hydrogens (tertiary/aromatic N) is 2. The van der Waals surface area contributed by atoms with Crippen LogP contribution in [0.3, 0.4) is 0 Å². The average Bonchev–Trinajstić information content (AvgIpc) is 2.39. The van der Waals surface area contributed by atoms with E-state index in [1.54, 1.807) is 7.05 Å². The minimum atomic E-state index is 0. The van der Waals surface area contributed by atoms with Gasteiger partial charge in [-0.15, -0.1) is 24.0 Å². The van der Waals surface area contributed by atoms with Crippen molar-refractivity contribution < 1.29 is 0 Å². The first-order valence-electron chi connectivity index (χ1n) is 6.45. The van der Waals surface area contributed by atoms with Crippen LogP contribution in [-0.2, 0) is 6.54 Å². The van der Waals surface area contributed by atoms with Crippen LogP contribution in [0.2, 0.25) is 5.02 Å². The van der Waals surface area contributed by atoms with Crippen LogP contribution in [0.5, 0.6) is 0 Å². The molecular formula is C14H24ClIN4. The molecule has 0 fully saturated rings. The number of halogens is 2. The first-order chi connectivity index (χ1) is 9.11. The number of rotatable bonds is 6. The Morgan fingerprint density at radius 3 is 2.40 bits per heavy atom. The molecule has 6 heteroatoms. The van der Waals surface area contributed by atoms with Gasteiger partial charge >= 0.3 is 0 Å². The molecule has 0 aromatic heterocycles. The van der Waals surface area contributed by atoms with Crippen LogP contribution in [0.15, 0.2) is 29.3 Å². The maximum absolute atomic E-state index is 5.85. The molecule has 0 bridgehead atoms. The van der Waals surface area contributed by atoms with Crippen LogP contribution in [0.1, 0.15) is 12.0 Å². The first kappa shape index (κ1) is 19.5. The summed E-state index contributed by atoms with van der Waals surface area (Å²) in [6.07, 6.45) is 1.09. The Labute approximate surface area is 144 Å². The zero-order chi connectivity index (χ0) is 14.1. The molecule has 0 aliphatic rings. The molecule has 0 aliphatic heterocycles. The second-order valence-electron chi connectivity index (χ2n) is 4.64. The number of benzene rings is 1. The third-order valence-corrected chi connectivity index (χ3v) is 2.92. The molecule has 1 aromatic rings. The average molecular weight is 411 g/mol. The quantitative estimate of drug-likeness (QED) is 0.328. The number of hydrogen-bond donors (Lipinski definition) is 2. The van der Waals surface area contributed by atoms with Crippen LogP contribution in [0.25, 0.3) is 0 Å². The van der Waals surface area contributed by atoms with E-state index in [-0.39, 0.29) is 24.0 Å². The molecular weight excluding hydrogens is 387 g/mol. The second-order valence-corrected chi connectivity index (χ2v) is 5.07. The molecule has 0 heterocycles. The van der Waals surface area contributed by atoms with Crippen molar-refractivity contribution in [2.24, 2.45) is 4.99 Å². The Morgan fingerprint density at radius 1 is 1.20 bits per heavy atom. The van der Waals surface area contributed by atoms with E-state index in [0.29, 0.717) is 0 Å². The van der Waals surface area contributed by atoms with Gasteiger partial charge in [0, 0.05) is 25.2 Å². The van der Waals surface area contributed by atoms with Gasteiger partial charge in [0.05, 0.1) is 0 Å². The van der Waals surface area contributed by atoms with Gasteiger partial charge in [-0.1, -0.05) is 23.7 Å². The molecule has 0 saturated heterocycles. The minimum absolute atomic E-state index is 0. The third kappa shape index (κ3) is 8.60. The Kier molecular flexibility index (Phi) is 10.9. The summed E-state index contributed by atoms with van der Waals surface area (Å²) in [4.78, 5) is 6.36. The lowest BCUT2D eigenvalue weighted by Gasteiger charge is -2.13. The Bertz CT molecular complexity index is 393. The smallest absolute Gasteiger partial charge is 0.191 e. The van der Waals surface area contributed by atoms with Gasteiger partial charge in [0.1, 0.15) is 0 Å². The lowest BCUT2D eigenvalue weighted by atomic mass is 10.2. The lowest BCUT2D eigenvalue weighted by molar-refractivity contribution is 0.399. The molecule has 0 aliphatic carbocycles. The van der Waals surface area contributed by atoms with E-state index in [1.807, 2.05) is 24.3 Å². The van der Waals surface area contributed by atoms with Gasteiger partial charge in [-0.25, -0.2) is 0 Å². The van der Waals surface area contributed by atoms with E-state index in [0.717, 1.165) is 37.0 Å². The van der Waals surface area contributed by atoms with Gasteiger partial charge < -0.3 is 15.5 Å². The molecule has 4 nitrogen and oxygen atoms in total. The van der Waals surface area contributed by atoms with E-state index < -0.39 is 0 Å². The van der Waals surface area contributed by atoms with Crippen molar-refractivity contribution in [2.75, 3.05) is 34.2 Å². The van der Waals surface area contributed by atoms with Crippen molar-refractivity contribution in [3.05, 3.63) is 34.9 Å². The standard InChI is InChI=1S/C14H23ClN4.HI/c1-16-14(17-9-4-10-19(2)3)18-11-12-5-7-13(15)8-6-12;/h5-8H,4,9-11H2,1-3H3,(H2,16,17,18);1H. The largest absolute Gasteiger partial charge is 0.356 e. The van der Waals surface area contributed by atoms with Crippen LogP contribution in [-0.4, -0.2) is 45.1 Å². The van der Waals surface area contributed by atoms with Gasteiger partial charge in [0.2, 0.25) is 0 Å². The Hall–Kier alpha value is -0.530. The topological polar surface area (TPSA) is 39.7 Å². The predicted molar refractivity (Wildman–Crippen MR) is 98.2 cm³/mol. The number of guanidine groups is 1. The number of nitrogens with one attached hydrogen (secondary N) is 2. The van der Waals surface area contributed by atoms with E-state index in [9.17, 15) is 0 Å². The Balaban J connectivity index is 0.00000361. The lowest BCUT2D eigenvalue weighted by Crippen LogP contribution is -2.38. The van der Waals surface area contributed by atoms with E-state index in [1.165, 1.54) is 5.56 Å². The normalized spacial score (nSPS) is 11.2. The molecule has 20 heavy (non-hydrogen) atoms. The fourth-order valence-electron chi connectivity index (χ4n) is 1.61. The highest BCUT2D eigenvalue weighted by atomic mass is 127. The highest BCUT2D eigenvalue weighted by Gasteiger charge is 1.98. The van der Waals surface area contributed by atoms with Crippen LogP contribution >= 0.6 is 35.6 Å². The summed E-state index contributed by atoms with van der Waals surface area (Å²) < 4.78 is 0.